The first-order chi connectivity index (χ1) is 14.3. The van der Waals surface area contributed by atoms with Crippen LogP contribution >= 0.6 is 0 Å². The zero-order valence-electron chi connectivity index (χ0n) is 17.3. The molecule has 4 rings (SSSR count). The van der Waals surface area contributed by atoms with Gasteiger partial charge in [-0.25, -0.2) is 4.39 Å². The Morgan fingerprint density at radius 1 is 1.30 bits per heavy atom. The maximum absolute atomic E-state index is 14.3. The summed E-state index contributed by atoms with van der Waals surface area (Å²) in [5.74, 6) is -1.00. The van der Waals surface area contributed by atoms with Crippen molar-refractivity contribution in [1.29, 1.82) is 0 Å². The first-order valence-electron chi connectivity index (χ1n) is 10.2. The molecule has 7 nitrogen and oxygen atoms in total. The van der Waals surface area contributed by atoms with Crippen LogP contribution in [0, 0.1) is 5.92 Å². The summed E-state index contributed by atoms with van der Waals surface area (Å²) in [4.78, 5) is 39.7. The fourth-order valence-corrected chi connectivity index (χ4v) is 4.46. The molecule has 1 aromatic carbocycles. The number of ketones is 1. The molecule has 0 unspecified atom stereocenters. The highest BCUT2D eigenvalue weighted by atomic mass is 19.1. The number of carbonyl (C=O) groups excluding carboxylic acids is 3. The molecule has 2 aliphatic rings. The van der Waals surface area contributed by atoms with Gasteiger partial charge in [0, 0.05) is 18.0 Å². The molecule has 30 heavy (non-hydrogen) atoms. The molecule has 4 atom stereocenters. The summed E-state index contributed by atoms with van der Waals surface area (Å²) < 4.78 is 21.3. The van der Waals surface area contributed by atoms with Crippen molar-refractivity contribution in [2.24, 2.45) is 13.0 Å². The van der Waals surface area contributed by atoms with Crippen molar-refractivity contribution < 1.29 is 23.5 Å². The van der Waals surface area contributed by atoms with Crippen LogP contribution in [0.15, 0.2) is 30.3 Å². The van der Waals surface area contributed by atoms with Crippen LogP contribution in [0.5, 0.6) is 0 Å². The van der Waals surface area contributed by atoms with E-state index in [4.69, 9.17) is 4.74 Å². The minimum absolute atomic E-state index is 0.113. The highest BCUT2D eigenvalue weighted by Crippen LogP contribution is 2.30. The Balaban J connectivity index is 1.58. The number of halogens is 1. The molecule has 1 aromatic heterocycles. The van der Waals surface area contributed by atoms with E-state index in [9.17, 15) is 18.8 Å². The quantitative estimate of drug-likeness (QED) is 0.808. The van der Waals surface area contributed by atoms with Crippen molar-refractivity contribution in [3.63, 3.8) is 0 Å². The first kappa shape index (κ1) is 20.5. The number of aryl methyl sites for hydroxylation is 1. The largest absolute Gasteiger partial charge is 0.365 e. The van der Waals surface area contributed by atoms with Gasteiger partial charge in [0.05, 0.1) is 6.54 Å². The number of alkyl halides is 1. The minimum atomic E-state index is -1.40. The van der Waals surface area contributed by atoms with Crippen LogP contribution in [0.1, 0.15) is 30.8 Å². The molecule has 1 N–H and O–H groups in total. The van der Waals surface area contributed by atoms with Gasteiger partial charge in [-0.15, -0.1) is 0 Å². The molecule has 8 heteroatoms. The van der Waals surface area contributed by atoms with Gasteiger partial charge in [0.25, 0.3) is 5.91 Å². The van der Waals surface area contributed by atoms with E-state index in [-0.39, 0.29) is 30.8 Å². The van der Waals surface area contributed by atoms with Gasteiger partial charge < -0.3 is 19.5 Å². The van der Waals surface area contributed by atoms with Gasteiger partial charge in [0.1, 0.15) is 36.7 Å². The lowest BCUT2D eigenvalue weighted by molar-refractivity contribution is -0.138. The van der Waals surface area contributed by atoms with E-state index in [1.807, 2.05) is 38.1 Å². The standard InChI is InChI=1S/C22H26FN3O4/c1-12(2)8-15(22(29)26-10-14(23)20-19(26)18(27)11-30-20)24-21(28)17-9-13-6-4-5-7-16(13)25(17)3/h4-7,9,12,14-15,19-20H,8,10-11H2,1-3H3,(H,24,28)/t14-,15-,19+,20+/m0/s1. The molecule has 2 saturated heterocycles. The highest BCUT2D eigenvalue weighted by molar-refractivity contribution is 6.01. The van der Waals surface area contributed by atoms with Gasteiger partial charge >= 0.3 is 0 Å². The second kappa shape index (κ2) is 7.83. The maximum atomic E-state index is 14.3. The van der Waals surface area contributed by atoms with Crippen LogP contribution < -0.4 is 5.32 Å². The third-order valence-corrected chi connectivity index (χ3v) is 5.90. The van der Waals surface area contributed by atoms with Crippen molar-refractivity contribution in [3.05, 3.63) is 36.0 Å². The molecule has 2 fully saturated rings. The number of carbonyl (C=O) groups is 3. The number of aromatic nitrogens is 1. The monoisotopic (exact) mass is 415 g/mol. The number of nitrogens with one attached hydrogen (secondary N) is 1. The number of ether oxygens (including phenoxy) is 1. The van der Waals surface area contributed by atoms with E-state index in [1.165, 1.54) is 4.90 Å². The van der Waals surface area contributed by atoms with E-state index in [0.717, 1.165) is 10.9 Å². The number of rotatable bonds is 5. The fourth-order valence-electron chi connectivity index (χ4n) is 4.46. The first-order valence-corrected chi connectivity index (χ1v) is 10.2. The van der Waals surface area contributed by atoms with Gasteiger partial charge in [-0.1, -0.05) is 32.0 Å². The summed E-state index contributed by atoms with van der Waals surface area (Å²) >= 11 is 0. The van der Waals surface area contributed by atoms with Gasteiger partial charge in [0.15, 0.2) is 5.78 Å². The Morgan fingerprint density at radius 2 is 2.03 bits per heavy atom. The molecule has 0 saturated carbocycles. The summed E-state index contributed by atoms with van der Waals surface area (Å²) in [7, 11) is 1.80. The third-order valence-electron chi connectivity index (χ3n) is 5.90. The van der Waals surface area contributed by atoms with Gasteiger partial charge in [-0.2, -0.15) is 0 Å². The molecular formula is C22H26FN3O4. The molecule has 0 radical (unpaired) electrons. The summed E-state index contributed by atoms with van der Waals surface area (Å²) in [5, 5.41) is 3.75. The Hall–Kier alpha value is -2.74. The lowest BCUT2D eigenvalue weighted by Crippen LogP contribution is -2.52. The molecule has 0 spiro atoms. The van der Waals surface area contributed by atoms with E-state index in [0.29, 0.717) is 12.1 Å². The SMILES string of the molecule is CC(C)C[C@H](NC(=O)c1cc2ccccc2n1C)C(=O)N1C[C@H](F)[C@H]2OCC(=O)[C@H]21. The second-order valence-corrected chi connectivity index (χ2v) is 8.50. The van der Waals surface area contributed by atoms with Crippen LogP contribution in [0.2, 0.25) is 0 Å². The number of benzene rings is 1. The predicted octanol–water partition coefficient (Wildman–Crippen LogP) is 1.84. The number of hydrogen-bond acceptors (Lipinski definition) is 4. The van der Waals surface area contributed by atoms with E-state index in [1.54, 1.807) is 17.7 Å². The Bertz CT molecular complexity index is 1000. The number of nitrogens with zero attached hydrogens (tertiary/aromatic N) is 2. The molecule has 3 heterocycles. The minimum Gasteiger partial charge on any atom is -0.365 e. The summed E-state index contributed by atoms with van der Waals surface area (Å²) in [6.07, 6.45) is -1.93. The van der Waals surface area contributed by atoms with Crippen LogP contribution in [-0.4, -0.2) is 64.6 Å². The van der Waals surface area contributed by atoms with Crippen LogP contribution in [0.4, 0.5) is 4.39 Å². The zero-order valence-corrected chi connectivity index (χ0v) is 17.3. The second-order valence-electron chi connectivity index (χ2n) is 8.50. The fraction of sp³-hybridized carbons (Fsp3) is 0.500. The van der Waals surface area contributed by atoms with Gasteiger partial charge in [-0.05, 0) is 24.5 Å². The number of likely N-dealkylation sites (tertiary alicyclic amines) is 1. The molecule has 2 aliphatic heterocycles. The average Bonchev–Trinajstić information content (AvgIpc) is 3.35. The summed E-state index contributed by atoms with van der Waals surface area (Å²) in [6, 6.07) is 7.64. The van der Waals surface area contributed by atoms with Crippen LogP contribution in [0.3, 0.4) is 0 Å². The zero-order chi connectivity index (χ0) is 21.6. The van der Waals surface area contributed by atoms with Crippen molar-refractivity contribution in [3.8, 4) is 0 Å². The van der Waals surface area contributed by atoms with E-state index in [2.05, 4.69) is 5.32 Å². The third kappa shape index (κ3) is 3.49. The highest BCUT2D eigenvalue weighted by Gasteiger charge is 2.53. The van der Waals surface area contributed by atoms with Crippen LogP contribution in [-0.2, 0) is 21.4 Å². The topological polar surface area (TPSA) is 80.6 Å². The lowest BCUT2D eigenvalue weighted by atomic mass is 10.0. The molecular weight excluding hydrogens is 389 g/mol. The summed E-state index contributed by atoms with van der Waals surface area (Å²) in [5.41, 5.74) is 1.34. The molecule has 0 bridgehead atoms. The summed E-state index contributed by atoms with van der Waals surface area (Å²) in [6.45, 7) is 3.50. The van der Waals surface area contributed by atoms with E-state index < -0.39 is 30.3 Å². The average molecular weight is 415 g/mol. The lowest BCUT2D eigenvalue weighted by Gasteiger charge is -2.28. The molecule has 160 valence electrons. The number of para-hydroxylation sites is 1. The number of Topliss-reactive ketones (excluding diaryl/α,β-unsaturated/α-hetero) is 1. The molecule has 2 aromatic rings. The van der Waals surface area contributed by atoms with Gasteiger partial charge in [-0.3, -0.25) is 14.4 Å². The van der Waals surface area contributed by atoms with Crippen LogP contribution in [0.25, 0.3) is 10.9 Å². The number of amides is 2. The predicted molar refractivity (Wildman–Crippen MR) is 109 cm³/mol. The molecule has 2 amide bonds. The normalized spacial score (nSPS) is 24.5. The maximum Gasteiger partial charge on any atom is 0.268 e. The Kier molecular flexibility index (Phi) is 5.36. The smallest absolute Gasteiger partial charge is 0.268 e. The van der Waals surface area contributed by atoms with Crippen molar-refractivity contribution in [2.75, 3.05) is 13.2 Å². The Labute approximate surface area is 174 Å². The molecule has 0 aliphatic carbocycles. The Morgan fingerprint density at radius 3 is 2.73 bits per heavy atom. The number of fused-ring (bicyclic) bond motifs is 2. The van der Waals surface area contributed by atoms with Gasteiger partial charge in [0.2, 0.25) is 5.91 Å². The van der Waals surface area contributed by atoms with Crippen molar-refractivity contribution >= 4 is 28.5 Å². The number of hydrogen-bond donors (Lipinski definition) is 1. The van der Waals surface area contributed by atoms with Crippen molar-refractivity contribution in [1.82, 2.24) is 14.8 Å². The van der Waals surface area contributed by atoms with E-state index >= 15 is 0 Å². The van der Waals surface area contributed by atoms with Crippen molar-refractivity contribution in [2.45, 2.75) is 44.6 Å².